The van der Waals surface area contributed by atoms with Gasteiger partial charge in [0.15, 0.2) is 0 Å². The molecule has 0 aromatic heterocycles. The zero-order chi connectivity index (χ0) is 4.91. The highest BCUT2D eigenvalue weighted by Gasteiger charge is 2.53. The van der Waals surface area contributed by atoms with Crippen molar-refractivity contribution >= 4 is 0 Å². The molecule has 1 aliphatic carbocycles. The van der Waals surface area contributed by atoms with Gasteiger partial charge in [-0.15, -0.1) is 0 Å². The summed E-state index contributed by atoms with van der Waals surface area (Å²) in [5.41, 5.74) is 0.444. The lowest BCUT2D eigenvalue weighted by Gasteiger charge is -2.28. The monoisotopic (exact) mass is 98.1 g/mol. The summed E-state index contributed by atoms with van der Waals surface area (Å²) in [6, 6.07) is 0. The quantitative estimate of drug-likeness (QED) is 0.414. The molecule has 2 fully saturated rings. The summed E-state index contributed by atoms with van der Waals surface area (Å²) in [5, 5.41) is 0. The van der Waals surface area contributed by atoms with Crippen LogP contribution in [0.5, 0.6) is 0 Å². The maximum absolute atomic E-state index is 5.20. The number of rotatable bonds is 0. The van der Waals surface area contributed by atoms with Crippen LogP contribution in [0.1, 0.15) is 19.8 Å². The van der Waals surface area contributed by atoms with Crippen LogP contribution < -0.4 is 0 Å². The zero-order valence-corrected chi connectivity index (χ0v) is 4.61. The summed E-state index contributed by atoms with van der Waals surface area (Å²) in [7, 11) is 0. The minimum absolute atomic E-state index is 0.444. The van der Waals surface area contributed by atoms with Crippen LogP contribution in [0.3, 0.4) is 0 Å². The molecule has 0 aromatic rings. The molecule has 0 N–H and O–H groups in total. The number of hydrogen-bond donors (Lipinski definition) is 0. The molecule has 0 unspecified atom stereocenters. The third-order valence-electron chi connectivity index (χ3n) is 1.99. The molecule has 1 saturated carbocycles. The van der Waals surface area contributed by atoms with Crippen molar-refractivity contribution in [2.45, 2.75) is 25.4 Å². The fourth-order valence-corrected chi connectivity index (χ4v) is 1.55. The molecular formula is C6H10O. The van der Waals surface area contributed by atoms with Gasteiger partial charge in [-0.1, -0.05) is 6.92 Å². The highest BCUT2D eigenvalue weighted by molar-refractivity contribution is 5.02. The van der Waals surface area contributed by atoms with Gasteiger partial charge in [0.2, 0.25) is 0 Å². The van der Waals surface area contributed by atoms with E-state index in [4.69, 9.17) is 4.74 Å². The molecule has 1 heterocycles. The van der Waals surface area contributed by atoms with Crippen molar-refractivity contribution in [2.75, 3.05) is 6.61 Å². The second-order valence-electron chi connectivity index (χ2n) is 2.99. The van der Waals surface area contributed by atoms with Gasteiger partial charge in [-0.2, -0.15) is 0 Å². The second kappa shape index (κ2) is 0.873. The van der Waals surface area contributed by atoms with Crippen LogP contribution >= 0.6 is 0 Å². The van der Waals surface area contributed by atoms with Gasteiger partial charge in [0.25, 0.3) is 0 Å². The molecule has 0 aromatic carbocycles. The molecule has 7 heavy (non-hydrogen) atoms. The Kier molecular flexibility index (Phi) is 0.487. The molecular weight excluding hydrogens is 88.1 g/mol. The smallest absolute Gasteiger partial charge is 0.0921 e. The van der Waals surface area contributed by atoms with E-state index in [1.54, 1.807) is 0 Å². The molecule has 2 aliphatic rings. The largest absolute Gasteiger partial charge is 0.370 e. The van der Waals surface area contributed by atoms with Crippen LogP contribution in [0, 0.1) is 5.92 Å². The Bertz CT molecular complexity index is 86.4. The lowest BCUT2D eigenvalue weighted by Crippen LogP contribution is -2.29. The first-order valence-electron chi connectivity index (χ1n) is 2.95. The molecule has 1 aliphatic heterocycles. The van der Waals surface area contributed by atoms with Gasteiger partial charge in [-0.25, -0.2) is 0 Å². The van der Waals surface area contributed by atoms with Crippen molar-refractivity contribution < 1.29 is 4.74 Å². The molecule has 1 heteroatoms. The summed E-state index contributed by atoms with van der Waals surface area (Å²) >= 11 is 0. The number of hydrogen-bond acceptors (Lipinski definition) is 1. The fraction of sp³-hybridized carbons (Fsp3) is 1.00. The maximum atomic E-state index is 5.20. The lowest BCUT2D eigenvalue weighted by atomic mass is 9.76. The zero-order valence-electron chi connectivity index (χ0n) is 4.61. The van der Waals surface area contributed by atoms with E-state index in [0.29, 0.717) is 5.60 Å². The van der Waals surface area contributed by atoms with E-state index < -0.39 is 0 Å². The van der Waals surface area contributed by atoms with Crippen molar-refractivity contribution in [3.8, 4) is 0 Å². The van der Waals surface area contributed by atoms with Gasteiger partial charge in [0.05, 0.1) is 12.2 Å². The molecule has 0 bridgehead atoms. The number of epoxide rings is 1. The van der Waals surface area contributed by atoms with E-state index in [1.165, 1.54) is 12.8 Å². The molecule has 0 radical (unpaired) electrons. The SMILES string of the molecule is CC1CC2(CO2)C1. The Labute approximate surface area is 43.7 Å². The first-order valence-corrected chi connectivity index (χ1v) is 2.95. The topological polar surface area (TPSA) is 12.5 Å². The second-order valence-corrected chi connectivity index (χ2v) is 2.99. The summed E-state index contributed by atoms with van der Waals surface area (Å²) < 4.78 is 5.20. The average molecular weight is 98.1 g/mol. The maximum Gasteiger partial charge on any atom is 0.0921 e. The van der Waals surface area contributed by atoms with Gasteiger partial charge < -0.3 is 4.74 Å². The van der Waals surface area contributed by atoms with Crippen LogP contribution in [0.4, 0.5) is 0 Å². The van der Waals surface area contributed by atoms with E-state index >= 15 is 0 Å². The van der Waals surface area contributed by atoms with Gasteiger partial charge >= 0.3 is 0 Å². The summed E-state index contributed by atoms with van der Waals surface area (Å²) in [6.45, 7) is 3.34. The first kappa shape index (κ1) is 3.90. The van der Waals surface area contributed by atoms with E-state index in [9.17, 15) is 0 Å². The van der Waals surface area contributed by atoms with Crippen LogP contribution in [0.2, 0.25) is 0 Å². The normalized spacial score (nSPS) is 57.0. The van der Waals surface area contributed by atoms with Crippen LogP contribution in [-0.2, 0) is 4.74 Å². The highest BCUT2D eigenvalue weighted by Crippen LogP contribution is 2.49. The van der Waals surface area contributed by atoms with Gasteiger partial charge in [0.1, 0.15) is 0 Å². The predicted octanol–water partition coefficient (Wildman–Crippen LogP) is 1.19. The van der Waals surface area contributed by atoms with E-state index in [2.05, 4.69) is 6.92 Å². The summed E-state index contributed by atoms with van der Waals surface area (Å²) in [5.74, 6) is 0.947. The predicted molar refractivity (Wildman–Crippen MR) is 27.1 cm³/mol. The lowest BCUT2D eigenvalue weighted by molar-refractivity contribution is 0.138. The molecule has 0 amide bonds. The molecule has 2 rings (SSSR count). The van der Waals surface area contributed by atoms with Crippen molar-refractivity contribution in [1.29, 1.82) is 0 Å². The Balaban J connectivity index is 1.97. The van der Waals surface area contributed by atoms with Crippen LogP contribution in [0.25, 0.3) is 0 Å². The van der Waals surface area contributed by atoms with Gasteiger partial charge in [-0.05, 0) is 18.8 Å². The molecule has 1 saturated heterocycles. The van der Waals surface area contributed by atoms with E-state index in [0.717, 1.165) is 12.5 Å². The first-order chi connectivity index (χ1) is 3.31. The Morgan fingerprint density at radius 3 is 2.29 bits per heavy atom. The standard InChI is InChI=1S/C6H10O/c1-5-2-6(3-5)4-7-6/h5H,2-4H2,1H3. The van der Waals surface area contributed by atoms with Crippen molar-refractivity contribution in [2.24, 2.45) is 5.92 Å². The van der Waals surface area contributed by atoms with Crippen LogP contribution in [0.15, 0.2) is 0 Å². The average Bonchev–Trinajstić information content (AvgIpc) is 2.14. The summed E-state index contributed by atoms with van der Waals surface area (Å²) in [4.78, 5) is 0. The third kappa shape index (κ3) is 0.418. The molecule has 40 valence electrons. The minimum atomic E-state index is 0.444. The molecule has 1 spiro atoms. The summed E-state index contributed by atoms with van der Waals surface area (Å²) in [6.07, 6.45) is 2.65. The highest BCUT2D eigenvalue weighted by atomic mass is 16.6. The van der Waals surface area contributed by atoms with Crippen molar-refractivity contribution in [3.05, 3.63) is 0 Å². The Morgan fingerprint density at radius 2 is 2.14 bits per heavy atom. The Morgan fingerprint density at radius 1 is 1.57 bits per heavy atom. The molecule has 1 nitrogen and oxygen atoms in total. The van der Waals surface area contributed by atoms with Crippen molar-refractivity contribution in [3.63, 3.8) is 0 Å². The van der Waals surface area contributed by atoms with E-state index in [-0.39, 0.29) is 0 Å². The third-order valence-corrected chi connectivity index (χ3v) is 1.99. The van der Waals surface area contributed by atoms with E-state index in [1.807, 2.05) is 0 Å². The molecule has 0 atom stereocenters. The van der Waals surface area contributed by atoms with Crippen molar-refractivity contribution in [1.82, 2.24) is 0 Å². The van der Waals surface area contributed by atoms with Gasteiger partial charge in [0, 0.05) is 0 Å². The fourth-order valence-electron chi connectivity index (χ4n) is 1.55. The number of ether oxygens (including phenoxy) is 1. The Hall–Kier alpha value is -0.0400. The van der Waals surface area contributed by atoms with Gasteiger partial charge in [-0.3, -0.25) is 0 Å². The minimum Gasteiger partial charge on any atom is -0.370 e. The van der Waals surface area contributed by atoms with Crippen LogP contribution in [-0.4, -0.2) is 12.2 Å².